The van der Waals surface area contributed by atoms with Gasteiger partial charge in [0.1, 0.15) is 12.6 Å². The number of carbonyl (C=O) groups is 3. The van der Waals surface area contributed by atoms with E-state index in [-0.39, 0.29) is 23.4 Å². The summed E-state index contributed by atoms with van der Waals surface area (Å²) in [7, 11) is 1.66. The van der Waals surface area contributed by atoms with E-state index in [0.717, 1.165) is 35.1 Å². The molecule has 0 saturated heterocycles. The van der Waals surface area contributed by atoms with Crippen LogP contribution in [0.3, 0.4) is 0 Å². The quantitative estimate of drug-likeness (QED) is 0.576. The van der Waals surface area contributed by atoms with Gasteiger partial charge in [-0.05, 0) is 45.9 Å². The molecule has 4 rings (SSSR count). The smallest absolute Gasteiger partial charge is 0.407 e. The van der Waals surface area contributed by atoms with Crippen molar-refractivity contribution < 1.29 is 24.2 Å². The molecular weight excluding hydrogens is 444 g/mol. The van der Waals surface area contributed by atoms with Crippen molar-refractivity contribution in [2.75, 3.05) is 20.2 Å². The number of ether oxygens (including phenoxy) is 1. The van der Waals surface area contributed by atoms with Gasteiger partial charge in [0.2, 0.25) is 5.91 Å². The molecule has 2 aliphatic carbocycles. The topological polar surface area (TPSA) is 95.9 Å². The lowest BCUT2D eigenvalue weighted by Gasteiger charge is -2.53. The zero-order valence-electron chi connectivity index (χ0n) is 20.8. The van der Waals surface area contributed by atoms with E-state index in [4.69, 9.17) is 4.74 Å². The molecule has 1 atom stereocenters. The van der Waals surface area contributed by atoms with Crippen LogP contribution in [0.4, 0.5) is 4.79 Å². The number of nitrogens with zero attached hydrogens (tertiary/aromatic N) is 1. The van der Waals surface area contributed by atoms with E-state index in [2.05, 4.69) is 38.2 Å². The molecule has 1 unspecified atom stereocenters. The second kappa shape index (κ2) is 9.36. The van der Waals surface area contributed by atoms with Crippen molar-refractivity contribution >= 4 is 18.0 Å². The number of carboxylic acids is 1. The number of hydrogen-bond acceptors (Lipinski definition) is 4. The lowest BCUT2D eigenvalue weighted by Crippen LogP contribution is -2.53. The van der Waals surface area contributed by atoms with Crippen LogP contribution in [0, 0.1) is 10.8 Å². The van der Waals surface area contributed by atoms with Crippen molar-refractivity contribution in [2.45, 2.75) is 52.0 Å². The predicted molar refractivity (Wildman–Crippen MR) is 133 cm³/mol. The minimum atomic E-state index is -1.19. The minimum absolute atomic E-state index is 0.00848. The summed E-state index contributed by atoms with van der Waals surface area (Å²) >= 11 is 0. The third-order valence-corrected chi connectivity index (χ3v) is 7.12. The van der Waals surface area contributed by atoms with Crippen LogP contribution in [0.2, 0.25) is 0 Å². The summed E-state index contributed by atoms with van der Waals surface area (Å²) in [5.41, 5.74) is 4.63. The zero-order chi connectivity index (χ0) is 25.4. The van der Waals surface area contributed by atoms with E-state index in [0.29, 0.717) is 6.54 Å². The highest BCUT2D eigenvalue weighted by molar-refractivity contribution is 5.89. The zero-order valence-corrected chi connectivity index (χ0v) is 20.8. The van der Waals surface area contributed by atoms with Crippen molar-refractivity contribution in [3.05, 3.63) is 59.7 Å². The van der Waals surface area contributed by atoms with Gasteiger partial charge in [0.15, 0.2) is 0 Å². The summed E-state index contributed by atoms with van der Waals surface area (Å²) in [6.07, 6.45) is 0.674. The molecule has 2 amide bonds. The van der Waals surface area contributed by atoms with Gasteiger partial charge >= 0.3 is 12.1 Å². The van der Waals surface area contributed by atoms with Crippen LogP contribution in [-0.2, 0) is 14.3 Å². The molecule has 2 aromatic rings. The van der Waals surface area contributed by atoms with Crippen molar-refractivity contribution in [2.24, 2.45) is 10.8 Å². The Kier molecular flexibility index (Phi) is 6.62. The molecule has 0 heterocycles. The Balaban J connectivity index is 1.39. The van der Waals surface area contributed by atoms with Gasteiger partial charge in [0.25, 0.3) is 0 Å². The average molecular weight is 479 g/mol. The molecule has 0 radical (unpaired) electrons. The molecule has 1 fully saturated rings. The molecule has 7 nitrogen and oxygen atoms in total. The summed E-state index contributed by atoms with van der Waals surface area (Å²) in [5.74, 6) is -1.70. The average Bonchev–Trinajstić information content (AvgIpc) is 3.08. The van der Waals surface area contributed by atoms with Crippen molar-refractivity contribution in [1.82, 2.24) is 10.2 Å². The highest BCUT2D eigenvalue weighted by Crippen LogP contribution is 2.54. The Labute approximate surface area is 206 Å². The van der Waals surface area contributed by atoms with E-state index >= 15 is 0 Å². The third kappa shape index (κ3) is 5.34. The Morgan fingerprint density at radius 3 is 2.09 bits per heavy atom. The molecule has 7 heteroatoms. The maximum Gasteiger partial charge on any atom is 0.407 e. The molecule has 0 spiro atoms. The van der Waals surface area contributed by atoms with E-state index in [1.807, 2.05) is 36.4 Å². The van der Waals surface area contributed by atoms with Gasteiger partial charge in [-0.15, -0.1) is 0 Å². The lowest BCUT2D eigenvalue weighted by atomic mass is 9.55. The molecule has 0 aromatic heterocycles. The number of amides is 2. The monoisotopic (exact) mass is 478 g/mol. The van der Waals surface area contributed by atoms with Gasteiger partial charge in [-0.1, -0.05) is 69.3 Å². The van der Waals surface area contributed by atoms with Crippen LogP contribution in [-0.4, -0.2) is 54.2 Å². The Morgan fingerprint density at radius 1 is 1.03 bits per heavy atom. The molecule has 186 valence electrons. The number of alkyl carbamates (subject to hydrolysis) is 1. The van der Waals surface area contributed by atoms with Gasteiger partial charge in [-0.2, -0.15) is 0 Å². The maximum absolute atomic E-state index is 13.1. The fraction of sp³-hybridized carbons (Fsp3) is 0.464. The normalized spacial score (nSPS) is 17.9. The molecule has 0 bridgehead atoms. The molecule has 0 aliphatic heterocycles. The SMILES string of the molecule is CN(CC1(C)CC(C)(C)C1)C(=O)C(CC(=O)O)NC(=O)OCC1c2ccccc2-c2ccccc21. The van der Waals surface area contributed by atoms with E-state index < -0.39 is 30.4 Å². The number of carbonyl (C=O) groups excluding carboxylic acids is 2. The first-order chi connectivity index (χ1) is 16.5. The molecule has 35 heavy (non-hydrogen) atoms. The predicted octanol–water partition coefficient (Wildman–Crippen LogP) is 4.65. The second-order valence-corrected chi connectivity index (χ2v) is 11.1. The number of aliphatic carboxylic acids is 1. The summed E-state index contributed by atoms with van der Waals surface area (Å²) in [5, 5.41) is 11.8. The van der Waals surface area contributed by atoms with Gasteiger partial charge < -0.3 is 20.1 Å². The molecular formula is C28H34N2O5. The van der Waals surface area contributed by atoms with Crippen LogP contribution in [0.15, 0.2) is 48.5 Å². The van der Waals surface area contributed by atoms with Crippen LogP contribution in [0.25, 0.3) is 11.1 Å². The number of rotatable bonds is 8. The van der Waals surface area contributed by atoms with Gasteiger partial charge in [-0.3, -0.25) is 9.59 Å². The summed E-state index contributed by atoms with van der Waals surface area (Å²) in [6.45, 7) is 7.13. The molecule has 2 aromatic carbocycles. The first kappa shape index (κ1) is 24.8. The fourth-order valence-corrected chi connectivity index (χ4v) is 6.44. The highest BCUT2D eigenvalue weighted by atomic mass is 16.5. The van der Waals surface area contributed by atoms with E-state index in [1.165, 1.54) is 4.90 Å². The van der Waals surface area contributed by atoms with Gasteiger partial charge in [-0.25, -0.2) is 4.79 Å². The van der Waals surface area contributed by atoms with Crippen LogP contribution >= 0.6 is 0 Å². The van der Waals surface area contributed by atoms with Gasteiger partial charge in [0.05, 0.1) is 6.42 Å². The summed E-state index contributed by atoms with van der Waals surface area (Å²) < 4.78 is 5.53. The van der Waals surface area contributed by atoms with Gasteiger partial charge in [0, 0.05) is 19.5 Å². The Hall–Kier alpha value is -3.35. The first-order valence-corrected chi connectivity index (χ1v) is 12.1. The molecule has 1 saturated carbocycles. The number of hydrogen-bond donors (Lipinski definition) is 2. The first-order valence-electron chi connectivity index (χ1n) is 12.1. The maximum atomic E-state index is 13.1. The van der Waals surface area contributed by atoms with Crippen LogP contribution < -0.4 is 5.32 Å². The highest BCUT2D eigenvalue weighted by Gasteiger charge is 2.47. The van der Waals surface area contributed by atoms with Crippen molar-refractivity contribution in [3.63, 3.8) is 0 Å². The third-order valence-electron chi connectivity index (χ3n) is 7.12. The van der Waals surface area contributed by atoms with Crippen molar-refractivity contribution in [3.8, 4) is 11.1 Å². The van der Waals surface area contributed by atoms with E-state index in [9.17, 15) is 19.5 Å². The number of likely N-dealkylation sites (N-methyl/N-ethyl adjacent to an activating group) is 1. The van der Waals surface area contributed by atoms with Crippen LogP contribution in [0.5, 0.6) is 0 Å². The second-order valence-electron chi connectivity index (χ2n) is 11.1. The minimum Gasteiger partial charge on any atom is -0.481 e. The summed E-state index contributed by atoms with van der Waals surface area (Å²) in [4.78, 5) is 38.7. The van der Waals surface area contributed by atoms with E-state index in [1.54, 1.807) is 7.05 Å². The molecule has 2 aliphatic rings. The fourth-order valence-electron chi connectivity index (χ4n) is 6.44. The number of carboxylic acid groups (broad SMARTS) is 1. The van der Waals surface area contributed by atoms with Crippen LogP contribution in [0.1, 0.15) is 57.1 Å². The molecule has 2 N–H and O–H groups in total. The Morgan fingerprint density at radius 2 is 1.57 bits per heavy atom. The largest absolute Gasteiger partial charge is 0.481 e. The number of benzene rings is 2. The summed E-state index contributed by atoms with van der Waals surface area (Å²) in [6, 6.07) is 14.8. The number of nitrogens with one attached hydrogen (secondary N) is 1. The van der Waals surface area contributed by atoms with Crippen molar-refractivity contribution in [1.29, 1.82) is 0 Å². The number of fused-ring (bicyclic) bond motifs is 3. The standard InChI is InChI=1S/C28H34N2O5/c1-27(2)15-28(3,16-27)17-30(4)25(33)23(13-24(31)32)29-26(34)35-14-22-20-11-7-5-9-18(20)19-10-6-8-12-21(19)22/h5-12,22-23H,13-17H2,1-4H3,(H,29,34)(H,31,32). The lowest BCUT2D eigenvalue weighted by molar-refractivity contribution is -0.143. The Bertz CT molecular complexity index is 1090.